The van der Waals surface area contributed by atoms with Crippen LogP contribution in [0.25, 0.3) is 0 Å². The molecule has 0 fully saturated rings. The molecule has 0 aromatic heterocycles. The predicted octanol–water partition coefficient (Wildman–Crippen LogP) is 1.62. The number of aromatic carboxylic acids is 1. The van der Waals surface area contributed by atoms with E-state index >= 15 is 0 Å². The van der Waals surface area contributed by atoms with Crippen LogP contribution in [-0.2, 0) is 10.0 Å². The minimum absolute atomic E-state index is 0.587. The number of hydrogen-bond acceptors (Lipinski definition) is 4. The van der Waals surface area contributed by atoms with Crippen LogP contribution in [0.1, 0.15) is 31.1 Å². The Morgan fingerprint density at radius 2 is 1.95 bits per heavy atom. The molecule has 0 aliphatic carbocycles. The second-order valence-corrected chi connectivity index (χ2v) is 7.14. The molecule has 0 aliphatic rings. The number of sulfonamides is 1. The van der Waals surface area contributed by atoms with E-state index in [0.29, 0.717) is 6.07 Å². The number of carboxylic acids is 1. The van der Waals surface area contributed by atoms with Crippen molar-refractivity contribution in [3.63, 3.8) is 0 Å². The van der Waals surface area contributed by atoms with Gasteiger partial charge < -0.3 is 10.2 Å². The van der Waals surface area contributed by atoms with Gasteiger partial charge in [-0.05, 0) is 32.9 Å². The Hall–Kier alpha value is -1.22. The summed E-state index contributed by atoms with van der Waals surface area (Å²) in [6, 6.07) is 1.38. The molecule has 118 valence electrons. The Morgan fingerprint density at radius 1 is 1.43 bits per heavy atom. The van der Waals surface area contributed by atoms with Gasteiger partial charge in [-0.25, -0.2) is 22.3 Å². The third-order valence-electron chi connectivity index (χ3n) is 2.98. The summed E-state index contributed by atoms with van der Waals surface area (Å²) in [5.41, 5.74) is -1.88. The van der Waals surface area contributed by atoms with Crippen LogP contribution in [0.3, 0.4) is 0 Å². The van der Waals surface area contributed by atoms with Crippen molar-refractivity contribution in [3.8, 4) is 0 Å². The average molecular weight is 340 g/mol. The van der Waals surface area contributed by atoms with Crippen molar-refractivity contribution >= 4 is 27.6 Å². The molecule has 0 spiro atoms. The zero-order valence-electron chi connectivity index (χ0n) is 11.5. The molecule has 1 atom stereocenters. The van der Waals surface area contributed by atoms with Gasteiger partial charge in [0.15, 0.2) is 0 Å². The van der Waals surface area contributed by atoms with E-state index in [-0.39, 0.29) is 0 Å². The molecule has 21 heavy (non-hydrogen) atoms. The lowest BCUT2D eigenvalue weighted by Gasteiger charge is -2.29. The fraction of sp³-hybridized carbons (Fsp3) is 0.417. The minimum atomic E-state index is -4.23. The molecule has 0 saturated heterocycles. The van der Waals surface area contributed by atoms with E-state index in [4.69, 9.17) is 16.7 Å². The standard InChI is InChI=1S/C12H15ClFNO5S/c1-6(16)12(2,3)15-21(19,20)7-4-8(11(17)18)10(13)9(14)5-7/h4-6,15-16H,1-3H3,(H,17,18). The van der Waals surface area contributed by atoms with Gasteiger partial charge in [0.2, 0.25) is 10.0 Å². The molecule has 1 rings (SSSR count). The molecule has 1 aromatic rings. The second-order valence-electron chi connectivity index (χ2n) is 5.07. The molecule has 0 amide bonds. The maximum atomic E-state index is 13.6. The molecule has 0 aliphatic heterocycles. The Balaban J connectivity index is 3.37. The molecule has 1 aromatic carbocycles. The SMILES string of the molecule is CC(O)C(C)(C)NS(=O)(=O)c1cc(F)c(Cl)c(C(=O)O)c1. The largest absolute Gasteiger partial charge is 0.478 e. The minimum Gasteiger partial charge on any atom is -0.478 e. The van der Waals surface area contributed by atoms with Gasteiger partial charge >= 0.3 is 5.97 Å². The van der Waals surface area contributed by atoms with Crippen molar-refractivity contribution in [2.75, 3.05) is 0 Å². The lowest BCUT2D eigenvalue weighted by Crippen LogP contribution is -2.50. The van der Waals surface area contributed by atoms with Gasteiger partial charge in [0.25, 0.3) is 0 Å². The number of nitrogens with one attached hydrogen (secondary N) is 1. The maximum Gasteiger partial charge on any atom is 0.337 e. The van der Waals surface area contributed by atoms with Crippen LogP contribution >= 0.6 is 11.6 Å². The lowest BCUT2D eigenvalue weighted by atomic mass is 10.0. The first-order valence-electron chi connectivity index (χ1n) is 5.83. The van der Waals surface area contributed by atoms with Crippen LogP contribution in [0.4, 0.5) is 4.39 Å². The van der Waals surface area contributed by atoms with Crippen LogP contribution in [-0.4, -0.2) is 36.2 Å². The number of halogens is 2. The molecule has 1 unspecified atom stereocenters. The van der Waals surface area contributed by atoms with Crippen LogP contribution in [0.2, 0.25) is 5.02 Å². The Morgan fingerprint density at radius 3 is 2.38 bits per heavy atom. The summed E-state index contributed by atoms with van der Waals surface area (Å²) in [7, 11) is -4.23. The summed E-state index contributed by atoms with van der Waals surface area (Å²) in [4.78, 5) is 10.4. The highest BCUT2D eigenvalue weighted by Gasteiger charge is 2.31. The van der Waals surface area contributed by atoms with Crippen molar-refractivity contribution in [2.24, 2.45) is 0 Å². The van der Waals surface area contributed by atoms with Gasteiger partial charge in [0.05, 0.1) is 27.1 Å². The van der Waals surface area contributed by atoms with Gasteiger partial charge in [-0.1, -0.05) is 11.6 Å². The van der Waals surface area contributed by atoms with Gasteiger partial charge in [-0.3, -0.25) is 0 Å². The number of carboxylic acid groups (broad SMARTS) is 1. The number of rotatable bonds is 5. The predicted molar refractivity (Wildman–Crippen MR) is 74.5 cm³/mol. The van der Waals surface area contributed by atoms with Gasteiger partial charge in [-0.15, -0.1) is 0 Å². The van der Waals surface area contributed by atoms with Crippen molar-refractivity contribution in [3.05, 3.63) is 28.5 Å². The topological polar surface area (TPSA) is 104 Å². The number of hydrogen-bond donors (Lipinski definition) is 3. The van der Waals surface area contributed by atoms with Crippen molar-refractivity contribution in [2.45, 2.75) is 37.3 Å². The van der Waals surface area contributed by atoms with Crippen molar-refractivity contribution < 1.29 is 27.8 Å². The van der Waals surface area contributed by atoms with Crippen LogP contribution in [0.15, 0.2) is 17.0 Å². The first-order valence-corrected chi connectivity index (χ1v) is 7.69. The molecule has 0 bridgehead atoms. The van der Waals surface area contributed by atoms with E-state index in [9.17, 15) is 22.7 Å². The van der Waals surface area contributed by atoms with E-state index in [0.717, 1.165) is 6.07 Å². The first kappa shape index (κ1) is 17.8. The summed E-state index contributed by atoms with van der Waals surface area (Å²) >= 11 is 5.48. The Kier molecular flexibility index (Phi) is 4.99. The van der Waals surface area contributed by atoms with E-state index < -0.39 is 48.9 Å². The number of carbonyl (C=O) groups is 1. The summed E-state index contributed by atoms with van der Waals surface area (Å²) in [5, 5.41) is 17.7. The number of aliphatic hydroxyl groups excluding tert-OH is 1. The first-order chi connectivity index (χ1) is 9.38. The zero-order chi connectivity index (χ0) is 16.6. The van der Waals surface area contributed by atoms with Crippen LogP contribution in [0, 0.1) is 5.82 Å². The molecule has 9 heteroatoms. The number of aliphatic hydroxyl groups is 1. The summed E-state index contributed by atoms with van der Waals surface area (Å²) in [5.74, 6) is -2.71. The van der Waals surface area contributed by atoms with E-state index in [2.05, 4.69) is 4.72 Å². The fourth-order valence-corrected chi connectivity index (χ4v) is 3.07. The average Bonchev–Trinajstić information content (AvgIpc) is 2.30. The molecule has 3 N–H and O–H groups in total. The molecule has 0 saturated carbocycles. The third-order valence-corrected chi connectivity index (χ3v) is 5.02. The van der Waals surface area contributed by atoms with Crippen LogP contribution in [0.5, 0.6) is 0 Å². The fourth-order valence-electron chi connectivity index (χ4n) is 1.37. The number of benzene rings is 1. The smallest absolute Gasteiger partial charge is 0.337 e. The van der Waals surface area contributed by atoms with Gasteiger partial charge in [0, 0.05) is 0 Å². The van der Waals surface area contributed by atoms with E-state index in [1.54, 1.807) is 0 Å². The highest BCUT2D eigenvalue weighted by atomic mass is 35.5. The molecular weight excluding hydrogens is 325 g/mol. The van der Waals surface area contributed by atoms with Crippen LogP contribution < -0.4 is 4.72 Å². The van der Waals surface area contributed by atoms with E-state index in [1.165, 1.54) is 20.8 Å². The van der Waals surface area contributed by atoms with E-state index in [1.807, 2.05) is 0 Å². The zero-order valence-corrected chi connectivity index (χ0v) is 13.1. The summed E-state index contributed by atoms with van der Waals surface area (Å²) < 4.78 is 40.1. The quantitative estimate of drug-likeness (QED) is 0.756. The summed E-state index contributed by atoms with van der Waals surface area (Å²) in [6.07, 6.45) is -1.02. The van der Waals surface area contributed by atoms with Gasteiger partial charge in [0.1, 0.15) is 5.82 Å². The lowest BCUT2D eigenvalue weighted by molar-refractivity contribution is 0.0696. The van der Waals surface area contributed by atoms with Crippen molar-refractivity contribution in [1.82, 2.24) is 4.72 Å². The van der Waals surface area contributed by atoms with Gasteiger partial charge in [-0.2, -0.15) is 0 Å². The molecule has 0 heterocycles. The third kappa shape index (κ3) is 3.91. The second kappa shape index (κ2) is 5.88. The summed E-state index contributed by atoms with van der Waals surface area (Å²) in [6.45, 7) is 4.24. The molecular formula is C12H15ClFNO5S. The van der Waals surface area contributed by atoms with Crippen molar-refractivity contribution in [1.29, 1.82) is 0 Å². The monoisotopic (exact) mass is 339 g/mol. The Bertz CT molecular complexity index is 672. The maximum absolute atomic E-state index is 13.6. The highest BCUT2D eigenvalue weighted by Crippen LogP contribution is 2.25. The molecule has 0 radical (unpaired) electrons. The highest BCUT2D eigenvalue weighted by molar-refractivity contribution is 7.89. The Labute approximate surface area is 126 Å². The normalized spacial score (nSPS) is 14.0. The molecule has 6 nitrogen and oxygen atoms in total.